The smallest absolute Gasteiger partial charge is 0.0660 e. The molecule has 3 rings (SSSR count). The lowest BCUT2D eigenvalue weighted by Crippen LogP contribution is -2.33. The molecule has 1 aromatic heterocycles. The van der Waals surface area contributed by atoms with Crippen molar-refractivity contribution in [2.45, 2.75) is 19.4 Å². The lowest BCUT2D eigenvalue weighted by Gasteiger charge is -2.23. The summed E-state index contributed by atoms with van der Waals surface area (Å²) in [5.41, 5.74) is 2.49. The maximum atomic E-state index is 4.25. The van der Waals surface area contributed by atoms with E-state index < -0.39 is 0 Å². The summed E-state index contributed by atoms with van der Waals surface area (Å²) in [6.07, 6.45) is 6.44. The Labute approximate surface area is 120 Å². The number of rotatable bonds is 5. The van der Waals surface area contributed by atoms with Gasteiger partial charge in [-0.1, -0.05) is 12.1 Å². The molecule has 1 saturated heterocycles. The van der Waals surface area contributed by atoms with Gasteiger partial charge in [0.1, 0.15) is 0 Å². The Morgan fingerprint density at radius 2 is 2.35 bits per heavy atom. The third-order valence-corrected chi connectivity index (χ3v) is 3.82. The standard InChI is InChI=1S/C16H22N4/c1-4-14(13-20-9-3-8-19-20)10-16(6-1)18-12-15-5-2-7-17-11-15/h1,3-4,6,8-10,15,17-18H,2,5,7,11-13H2. The number of aromatic nitrogens is 2. The molecule has 1 aliphatic heterocycles. The van der Waals surface area contributed by atoms with Crippen molar-refractivity contribution in [3.05, 3.63) is 48.3 Å². The summed E-state index contributed by atoms with van der Waals surface area (Å²) in [7, 11) is 0. The monoisotopic (exact) mass is 270 g/mol. The maximum Gasteiger partial charge on any atom is 0.0660 e. The van der Waals surface area contributed by atoms with Gasteiger partial charge >= 0.3 is 0 Å². The van der Waals surface area contributed by atoms with Crippen molar-refractivity contribution in [3.8, 4) is 0 Å². The van der Waals surface area contributed by atoms with Gasteiger partial charge in [-0.25, -0.2) is 0 Å². The summed E-state index contributed by atoms with van der Waals surface area (Å²) in [4.78, 5) is 0. The van der Waals surface area contributed by atoms with Crippen molar-refractivity contribution in [1.82, 2.24) is 15.1 Å². The zero-order chi connectivity index (χ0) is 13.6. The quantitative estimate of drug-likeness (QED) is 0.876. The Kier molecular flexibility index (Phi) is 4.33. The Morgan fingerprint density at radius 1 is 1.35 bits per heavy atom. The van der Waals surface area contributed by atoms with Crippen molar-refractivity contribution in [3.63, 3.8) is 0 Å². The predicted octanol–water partition coefficient (Wildman–Crippen LogP) is 2.34. The fourth-order valence-corrected chi connectivity index (χ4v) is 2.72. The Morgan fingerprint density at radius 3 is 3.15 bits per heavy atom. The summed E-state index contributed by atoms with van der Waals surface area (Å²) in [5.74, 6) is 0.749. The third kappa shape index (κ3) is 3.61. The first-order chi connectivity index (χ1) is 9.90. The highest BCUT2D eigenvalue weighted by Gasteiger charge is 2.12. The molecule has 2 aromatic rings. The van der Waals surface area contributed by atoms with Crippen molar-refractivity contribution >= 4 is 5.69 Å². The molecule has 1 aliphatic rings. The van der Waals surface area contributed by atoms with Crippen molar-refractivity contribution in [2.24, 2.45) is 5.92 Å². The van der Waals surface area contributed by atoms with E-state index in [1.54, 1.807) is 0 Å². The highest BCUT2D eigenvalue weighted by molar-refractivity contribution is 5.45. The first-order valence-corrected chi connectivity index (χ1v) is 7.41. The van der Waals surface area contributed by atoms with Gasteiger partial charge in [-0.05, 0) is 55.6 Å². The third-order valence-electron chi connectivity index (χ3n) is 3.82. The van der Waals surface area contributed by atoms with Crippen LogP contribution in [-0.4, -0.2) is 29.4 Å². The van der Waals surface area contributed by atoms with Crippen LogP contribution >= 0.6 is 0 Å². The Bertz CT molecular complexity index is 515. The van der Waals surface area contributed by atoms with Gasteiger partial charge in [0.05, 0.1) is 6.54 Å². The van der Waals surface area contributed by atoms with Gasteiger partial charge < -0.3 is 10.6 Å². The molecule has 2 heterocycles. The first-order valence-electron chi connectivity index (χ1n) is 7.41. The maximum absolute atomic E-state index is 4.25. The molecule has 2 N–H and O–H groups in total. The number of hydrogen-bond acceptors (Lipinski definition) is 3. The van der Waals surface area contributed by atoms with Crippen LogP contribution in [0.25, 0.3) is 0 Å². The minimum atomic E-state index is 0.749. The number of nitrogens with one attached hydrogen (secondary N) is 2. The largest absolute Gasteiger partial charge is 0.385 e. The van der Waals surface area contributed by atoms with Gasteiger partial charge in [0.15, 0.2) is 0 Å². The number of anilines is 1. The van der Waals surface area contributed by atoms with Crippen LogP contribution in [0.4, 0.5) is 5.69 Å². The van der Waals surface area contributed by atoms with Crippen molar-refractivity contribution < 1.29 is 0 Å². The van der Waals surface area contributed by atoms with E-state index >= 15 is 0 Å². The molecule has 4 heteroatoms. The molecular weight excluding hydrogens is 248 g/mol. The second-order valence-corrected chi connectivity index (χ2v) is 5.50. The first kappa shape index (κ1) is 13.2. The molecule has 106 valence electrons. The second kappa shape index (κ2) is 6.57. The Hall–Kier alpha value is -1.81. The SMILES string of the molecule is c1cc(Cn2cccn2)cc(NCC2CCCNC2)c1. The predicted molar refractivity (Wildman–Crippen MR) is 81.9 cm³/mol. The zero-order valence-electron chi connectivity index (χ0n) is 11.8. The second-order valence-electron chi connectivity index (χ2n) is 5.50. The molecule has 1 unspecified atom stereocenters. The summed E-state index contributed by atoms with van der Waals surface area (Å²) in [6.45, 7) is 4.20. The molecule has 0 bridgehead atoms. The lowest BCUT2D eigenvalue weighted by molar-refractivity contribution is 0.393. The Balaban J connectivity index is 1.56. The van der Waals surface area contributed by atoms with E-state index in [-0.39, 0.29) is 0 Å². The topological polar surface area (TPSA) is 41.9 Å². The number of hydrogen-bond donors (Lipinski definition) is 2. The normalized spacial score (nSPS) is 18.9. The average molecular weight is 270 g/mol. The fourth-order valence-electron chi connectivity index (χ4n) is 2.72. The summed E-state index contributed by atoms with van der Waals surface area (Å²) in [5, 5.41) is 11.3. The van der Waals surface area contributed by atoms with Crippen LogP contribution in [0.3, 0.4) is 0 Å². The van der Waals surface area contributed by atoms with Crippen LogP contribution in [0.5, 0.6) is 0 Å². The fraction of sp³-hybridized carbons (Fsp3) is 0.438. The molecule has 4 nitrogen and oxygen atoms in total. The number of nitrogens with zero attached hydrogens (tertiary/aromatic N) is 2. The molecule has 1 aromatic carbocycles. The van der Waals surface area contributed by atoms with E-state index in [0.717, 1.165) is 25.6 Å². The van der Waals surface area contributed by atoms with Crippen LogP contribution < -0.4 is 10.6 Å². The minimum absolute atomic E-state index is 0.749. The van der Waals surface area contributed by atoms with Gasteiger partial charge in [-0.15, -0.1) is 0 Å². The van der Waals surface area contributed by atoms with Gasteiger partial charge in [0.25, 0.3) is 0 Å². The molecule has 0 saturated carbocycles. The van der Waals surface area contributed by atoms with E-state index in [4.69, 9.17) is 0 Å². The molecule has 20 heavy (non-hydrogen) atoms. The molecule has 1 fully saturated rings. The minimum Gasteiger partial charge on any atom is -0.385 e. The van der Waals surface area contributed by atoms with Crippen LogP contribution in [0.1, 0.15) is 18.4 Å². The van der Waals surface area contributed by atoms with Crippen molar-refractivity contribution in [2.75, 3.05) is 25.0 Å². The summed E-state index contributed by atoms with van der Waals surface area (Å²) in [6, 6.07) is 10.6. The molecule has 1 atom stereocenters. The van der Waals surface area contributed by atoms with Gasteiger partial charge in [-0.3, -0.25) is 4.68 Å². The van der Waals surface area contributed by atoms with Crippen LogP contribution in [0.2, 0.25) is 0 Å². The van der Waals surface area contributed by atoms with E-state index in [2.05, 4.69) is 40.0 Å². The van der Waals surface area contributed by atoms with Gasteiger partial charge in [0, 0.05) is 24.6 Å². The molecule has 0 amide bonds. The molecule has 0 spiro atoms. The van der Waals surface area contributed by atoms with Crippen LogP contribution in [0, 0.1) is 5.92 Å². The highest BCUT2D eigenvalue weighted by atomic mass is 15.3. The zero-order valence-corrected chi connectivity index (χ0v) is 11.8. The van der Waals surface area contributed by atoms with E-state index in [0.29, 0.717) is 0 Å². The van der Waals surface area contributed by atoms with Gasteiger partial charge in [-0.2, -0.15) is 5.10 Å². The summed E-state index contributed by atoms with van der Waals surface area (Å²) < 4.78 is 1.95. The van der Waals surface area contributed by atoms with E-state index in [1.165, 1.54) is 30.6 Å². The number of piperidine rings is 1. The van der Waals surface area contributed by atoms with E-state index in [9.17, 15) is 0 Å². The molecular formula is C16H22N4. The van der Waals surface area contributed by atoms with Crippen LogP contribution in [0.15, 0.2) is 42.7 Å². The number of benzene rings is 1. The van der Waals surface area contributed by atoms with Crippen molar-refractivity contribution in [1.29, 1.82) is 0 Å². The van der Waals surface area contributed by atoms with Gasteiger partial charge in [0.2, 0.25) is 0 Å². The highest BCUT2D eigenvalue weighted by Crippen LogP contribution is 2.15. The molecule has 0 aliphatic carbocycles. The average Bonchev–Trinajstić information content (AvgIpc) is 3.00. The van der Waals surface area contributed by atoms with E-state index in [1.807, 2.05) is 23.1 Å². The van der Waals surface area contributed by atoms with Crippen LogP contribution in [-0.2, 0) is 6.54 Å². The molecule has 0 radical (unpaired) electrons. The lowest BCUT2D eigenvalue weighted by atomic mass is 9.99. The summed E-state index contributed by atoms with van der Waals surface area (Å²) >= 11 is 0.